The van der Waals surface area contributed by atoms with Crippen LogP contribution in [0.25, 0.3) is 0 Å². The monoisotopic (exact) mass is 660 g/mol. The minimum absolute atomic E-state index is 0.0334. The Bertz CT molecular complexity index is 1490. The number of aliphatic imine (C=N–C) groups is 1. The molecule has 13 heteroatoms. The van der Waals surface area contributed by atoms with Crippen molar-refractivity contribution in [1.82, 2.24) is 21.2 Å². The topological polar surface area (TPSA) is 126 Å². The number of nitrogens with two attached hydrogens (primary N) is 1. The van der Waals surface area contributed by atoms with Crippen molar-refractivity contribution >= 4 is 23.4 Å². The Hall–Kier alpha value is -4.00. The lowest BCUT2D eigenvalue weighted by molar-refractivity contribution is -0.538. The Kier molecular flexibility index (Phi) is 11.0. The van der Waals surface area contributed by atoms with Gasteiger partial charge in [-0.05, 0) is 79.3 Å². The molecule has 47 heavy (non-hydrogen) atoms. The summed E-state index contributed by atoms with van der Waals surface area (Å²) in [5.41, 5.74) is 9.81. The smallest absolute Gasteiger partial charge is 0.340 e. The van der Waals surface area contributed by atoms with Gasteiger partial charge in [-0.2, -0.15) is 23.8 Å². The van der Waals surface area contributed by atoms with E-state index < -0.39 is 35.2 Å². The Morgan fingerprint density at radius 3 is 2.36 bits per heavy atom. The third-order valence-electron chi connectivity index (χ3n) is 9.19. The number of hydrazine groups is 2. The maximum absolute atomic E-state index is 14.6. The fourth-order valence-electron chi connectivity index (χ4n) is 6.58. The number of halogens is 4. The molecule has 9 nitrogen and oxygen atoms in total. The molecule has 0 unspecified atom stereocenters. The number of hydrogen-bond donors (Lipinski definition) is 5. The summed E-state index contributed by atoms with van der Waals surface area (Å²) in [7, 11) is 1.65. The van der Waals surface area contributed by atoms with Crippen molar-refractivity contribution in [1.29, 1.82) is 0 Å². The zero-order valence-electron chi connectivity index (χ0n) is 27.7. The fourth-order valence-corrected chi connectivity index (χ4v) is 6.58. The highest BCUT2D eigenvalue weighted by Gasteiger charge is 2.53. The van der Waals surface area contributed by atoms with Crippen molar-refractivity contribution in [2.24, 2.45) is 22.1 Å². The molecule has 1 fully saturated rings. The van der Waals surface area contributed by atoms with E-state index in [0.29, 0.717) is 42.6 Å². The summed E-state index contributed by atoms with van der Waals surface area (Å²) < 4.78 is 55.6. The van der Waals surface area contributed by atoms with Crippen LogP contribution in [0.5, 0.6) is 0 Å². The van der Waals surface area contributed by atoms with Crippen LogP contribution in [-0.2, 0) is 11.0 Å². The molecular formula is C34H46F4N7O2+. The van der Waals surface area contributed by atoms with E-state index in [4.69, 9.17) is 10.7 Å². The number of hydrogen-bond acceptors (Lipinski definition) is 5. The van der Waals surface area contributed by atoms with Crippen LogP contribution in [0.1, 0.15) is 106 Å². The Labute approximate surface area is 273 Å². The predicted molar refractivity (Wildman–Crippen MR) is 172 cm³/mol. The standard InChI is InChI=1S/C34H45F4N7O2/c1-6-7-8-27(21-9-11-22(12-10-21)30(46)41-20-28(39)43-44-40-5)45-31(47)29(23-17-25(34(36,37)38)19-26(35)18-23)42-33(45)15-13-24(14-16-33)32(2,3)4/h9-12,17-19,24,27,40,44H,6-8,13-16,20H2,1-5H3,(H2,39,43)(H,41,46)/p+1/t24?,27-,33?/m1/s1. The van der Waals surface area contributed by atoms with Gasteiger partial charge in [0.1, 0.15) is 23.7 Å². The molecule has 2 aromatic rings. The lowest BCUT2D eigenvalue weighted by atomic mass is 9.69. The van der Waals surface area contributed by atoms with Crippen molar-refractivity contribution in [3.8, 4) is 0 Å². The molecule has 0 bridgehead atoms. The second kappa shape index (κ2) is 14.4. The first-order chi connectivity index (χ1) is 22.1. The van der Waals surface area contributed by atoms with E-state index in [1.54, 1.807) is 36.2 Å². The highest BCUT2D eigenvalue weighted by Crippen LogP contribution is 2.50. The van der Waals surface area contributed by atoms with Gasteiger partial charge in [0.15, 0.2) is 0 Å². The average molecular weight is 661 g/mol. The summed E-state index contributed by atoms with van der Waals surface area (Å²) in [6.07, 6.45) is 0.0220. The van der Waals surface area contributed by atoms with Gasteiger partial charge in [-0.25, -0.2) is 9.82 Å². The average Bonchev–Trinajstić information content (AvgIpc) is 3.29. The van der Waals surface area contributed by atoms with Crippen LogP contribution in [0.4, 0.5) is 17.6 Å². The van der Waals surface area contributed by atoms with Crippen LogP contribution in [0, 0.1) is 17.2 Å². The van der Waals surface area contributed by atoms with Gasteiger partial charge < -0.3 is 10.2 Å². The summed E-state index contributed by atoms with van der Waals surface area (Å²) >= 11 is 0. The Morgan fingerprint density at radius 2 is 1.79 bits per heavy atom. The summed E-state index contributed by atoms with van der Waals surface area (Å²) in [6, 6.07) is 8.66. The van der Waals surface area contributed by atoms with Gasteiger partial charge in [-0.1, -0.05) is 52.7 Å². The normalized spacial score (nSPS) is 21.2. The lowest BCUT2D eigenvalue weighted by Crippen LogP contribution is -2.88. The van der Waals surface area contributed by atoms with Crippen molar-refractivity contribution < 1.29 is 32.3 Å². The van der Waals surface area contributed by atoms with Gasteiger partial charge in [0.25, 0.3) is 17.6 Å². The summed E-state index contributed by atoms with van der Waals surface area (Å²) in [5, 5.41) is 5.41. The number of amides is 2. The predicted octanol–water partition coefficient (Wildman–Crippen LogP) is 4.15. The van der Waals surface area contributed by atoms with Crippen molar-refractivity contribution in [3.63, 3.8) is 0 Å². The minimum Gasteiger partial charge on any atom is -0.340 e. The molecule has 0 saturated heterocycles. The third-order valence-corrected chi connectivity index (χ3v) is 9.19. The van der Waals surface area contributed by atoms with E-state index in [2.05, 4.69) is 42.1 Å². The van der Waals surface area contributed by atoms with Crippen LogP contribution in [0.3, 0.4) is 0 Å². The van der Waals surface area contributed by atoms with Crippen LogP contribution >= 0.6 is 0 Å². The molecule has 1 atom stereocenters. The first-order valence-corrected chi connectivity index (χ1v) is 16.1. The van der Waals surface area contributed by atoms with Crippen molar-refractivity contribution in [2.45, 2.75) is 90.5 Å². The summed E-state index contributed by atoms with van der Waals surface area (Å²) in [4.78, 5) is 33.9. The van der Waals surface area contributed by atoms with Gasteiger partial charge >= 0.3 is 6.18 Å². The molecule has 6 N–H and O–H groups in total. The molecule has 256 valence electrons. The first kappa shape index (κ1) is 35.8. The highest BCUT2D eigenvalue weighted by molar-refractivity contribution is 6.46. The number of alkyl halides is 3. The van der Waals surface area contributed by atoms with Crippen LogP contribution < -0.4 is 27.1 Å². The lowest BCUT2D eigenvalue weighted by Gasteiger charge is -2.47. The number of carbonyl (C=O) groups is 2. The van der Waals surface area contributed by atoms with Gasteiger partial charge in [-0.15, -0.1) is 0 Å². The zero-order valence-corrected chi connectivity index (χ0v) is 27.7. The molecular weight excluding hydrogens is 614 g/mol. The second-order valence-corrected chi connectivity index (χ2v) is 13.5. The minimum atomic E-state index is -4.79. The van der Waals surface area contributed by atoms with E-state index >= 15 is 0 Å². The summed E-state index contributed by atoms with van der Waals surface area (Å²) in [6.45, 7) is 8.65. The number of carbonyl (C=O) groups excluding carboxylic acids is 2. The third kappa shape index (κ3) is 8.30. The summed E-state index contributed by atoms with van der Waals surface area (Å²) in [5.74, 6) is -1.28. The van der Waals surface area contributed by atoms with E-state index in [0.717, 1.165) is 43.4 Å². The van der Waals surface area contributed by atoms with Crippen LogP contribution in [0.15, 0.2) is 47.5 Å². The van der Waals surface area contributed by atoms with E-state index in [9.17, 15) is 27.2 Å². The van der Waals surface area contributed by atoms with E-state index in [-0.39, 0.29) is 29.1 Å². The van der Waals surface area contributed by atoms with Crippen LogP contribution in [0.2, 0.25) is 0 Å². The number of benzene rings is 2. The SMILES string of the molecule is CCCC[C@H](c1ccc(C(=O)NC/C(N)=[NH+]/NNC)cc1)N1C(=O)C(c2cc(F)cc(C(F)(F)F)c2)=NC12CCC(C(C)(C)C)CC2. The molecule has 2 amide bonds. The molecule has 1 spiro atoms. The molecule has 2 aromatic carbocycles. The Balaban J connectivity index is 1.72. The van der Waals surface area contributed by atoms with E-state index in [1.807, 2.05) is 6.92 Å². The molecule has 1 aliphatic carbocycles. The molecule has 0 aromatic heterocycles. The molecule has 4 rings (SSSR count). The molecule has 1 heterocycles. The van der Waals surface area contributed by atoms with Gasteiger partial charge in [-0.3, -0.25) is 20.3 Å². The van der Waals surface area contributed by atoms with Gasteiger partial charge in [0, 0.05) is 18.2 Å². The van der Waals surface area contributed by atoms with E-state index in [1.165, 1.54) is 0 Å². The van der Waals surface area contributed by atoms with Crippen LogP contribution in [-0.4, -0.2) is 47.5 Å². The number of unbranched alkanes of at least 4 members (excludes halogenated alkanes) is 1. The van der Waals surface area contributed by atoms with Crippen molar-refractivity contribution in [2.75, 3.05) is 13.6 Å². The number of rotatable bonds is 11. The molecule has 1 saturated carbocycles. The first-order valence-electron chi connectivity index (χ1n) is 16.1. The largest absolute Gasteiger partial charge is 0.416 e. The van der Waals surface area contributed by atoms with Gasteiger partial charge in [0.05, 0.1) is 11.6 Å². The molecule has 1 aliphatic heterocycles. The number of amidine groups is 1. The maximum Gasteiger partial charge on any atom is 0.416 e. The van der Waals surface area contributed by atoms with Gasteiger partial charge in [0.2, 0.25) is 0 Å². The fraction of sp³-hybridized carbons (Fsp3) is 0.529. The quantitative estimate of drug-likeness (QED) is 0.107. The highest BCUT2D eigenvalue weighted by atomic mass is 19.4. The molecule has 0 radical (unpaired) electrons. The number of nitrogens with zero attached hydrogens (tertiary/aromatic N) is 2. The maximum atomic E-state index is 14.6. The van der Waals surface area contributed by atoms with Crippen molar-refractivity contribution in [3.05, 3.63) is 70.5 Å². The second-order valence-electron chi connectivity index (χ2n) is 13.5. The number of hydrazone groups is 1. The Morgan fingerprint density at radius 1 is 1.13 bits per heavy atom. The molecule has 2 aliphatic rings. The number of nitrogens with one attached hydrogen (secondary N) is 4. The zero-order chi connectivity index (χ0) is 34.6.